The second kappa shape index (κ2) is 7.39. The number of carboxylic acid groups (broad SMARTS) is 1. The molecule has 0 aromatic heterocycles. The molecule has 2 unspecified atom stereocenters. The molecule has 1 heterocycles. The summed E-state index contributed by atoms with van der Waals surface area (Å²) in [4.78, 5) is 37.6. The SMILES string of the molecule is CC(c1ccccc1)N1CC(C(=O)Nc2cccc(C(=O)O)c2)CC1=O. The first-order valence-corrected chi connectivity index (χ1v) is 8.44. The van der Waals surface area contributed by atoms with Crippen molar-refractivity contribution < 1.29 is 19.5 Å². The van der Waals surface area contributed by atoms with E-state index in [4.69, 9.17) is 5.11 Å². The Bertz CT molecular complexity index is 835. The molecule has 0 spiro atoms. The largest absolute Gasteiger partial charge is 0.478 e. The third-order valence-electron chi connectivity index (χ3n) is 4.66. The van der Waals surface area contributed by atoms with Crippen LogP contribution in [-0.2, 0) is 9.59 Å². The van der Waals surface area contributed by atoms with Crippen LogP contribution in [0, 0.1) is 5.92 Å². The quantitative estimate of drug-likeness (QED) is 0.866. The number of benzene rings is 2. The van der Waals surface area contributed by atoms with Gasteiger partial charge >= 0.3 is 5.97 Å². The molecule has 0 radical (unpaired) electrons. The molecule has 2 aromatic rings. The van der Waals surface area contributed by atoms with Gasteiger partial charge in [0.2, 0.25) is 11.8 Å². The van der Waals surface area contributed by atoms with E-state index in [1.54, 1.807) is 17.0 Å². The molecule has 2 N–H and O–H groups in total. The maximum atomic E-state index is 12.5. The van der Waals surface area contributed by atoms with Gasteiger partial charge in [-0.15, -0.1) is 0 Å². The van der Waals surface area contributed by atoms with Gasteiger partial charge in [-0.05, 0) is 30.7 Å². The van der Waals surface area contributed by atoms with Crippen LogP contribution in [0.25, 0.3) is 0 Å². The number of likely N-dealkylation sites (tertiary alicyclic amines) is 1. The summed E-state index contributed by atoms with van der Waals surface area (Å²) in [6.45, 7) is 2.29. The van der Waals surface area contributed by atoms with E-state index < -0.39 is 11.9 Å². The Morgan fingerprint density at radius 1 is 1.15 bits per heavy atom. The van der Waals surface area contributed by atoms with Gasteiger partial charge in [0.15, 0.2) is 0 Å². The predicted molar refractivity (Wildman–Crippen MR) is 96.7 cm³/mol. The molecule has 1 saturated heterocycles. The Hall–Kier alpha value is -3.15. The lowest BCUT2D eigenvalue weighted by Crippen LogP contribution is -2.30. The molecule has 6 heteroatoms. The first-order valence-electron chi connectivity index (χ1n) is 8.44. The van der Waals surface area contributed by atoms with Crippen molar-refractivity contribution in [2.75, 3.05) is 11.9 Å². The number of nitrogens with zero attached hydrogens (tertiary/aromatic N) is 1. The fourth-order valence-electron chi connectivity index (χ4n) is 3.17. The smallest absolute Gasteiger partial charge is 0.335 e. The molecule has 0 saturated carbocycles. The summed E-state index contributed by atoms with van der Waals surface area (Å²) in [5, 5.41) is 11.7. The minimum Gasteiger partial charge on any atom is -0.478 e. The zero-order valence-electron chi connectivity index (χ0n) is 14.4. The van der Waals surface area contributed by atoms with E-state index in [-0.39, 0.29) is 29.8 Å². The van der Waals surface area contributed by atoms with E-state index in [0.29, 0.717) is 12.2 Å². The molecule has 2 aromatic carbocycles. The van der Waals surface area contributed by atoms with E-state index in [9.17, 15) is 14.4 Å². The summed E-state index contributed by atoms with van der Waals surface area (Å²) in [5.41, 5.74) is 1.54. The maximum absolute atomic E-state index is 12.5. The van der Waals surface area contributed by atoms with E-state index in [1.807, 2.05) is 37.3 Å². The van der Waals surface area contributed by atoms with E-state index in [2.05, 4.69) is 5.32 Å². The van der Waals surface area contributed by atoms with Crippen LogP contribution < -0.4 is 5.32 Å². The highest BCUT2D eigenvalue weighted by Crippen LogP contribution is 2.29. The van der Waals surface area contributed by atoms with Gasteiger partial charge in [0, 0.05) is 18.7 Å². The molecule has 0 bridgehead atoms. The van der Waals surface area contributed by atoms with Crippen molar-refractivity contribution in [3.63, 3.8) is 0 Å². The summed E-state index contributed by atoms with van der Waals surface area (Å²) in [6, 6.07) is 15.7. The molecule has 1 aliphatic heterocycles. The number of anilines is 1. The van der Waals surface area contributed by atoms with Gasteiger partial charge in [0.05, 0.1) is 17.5 Å². The maximum Gasteiger partial charge on any atom is 0.335 e. The number of hydrogen-bond acceptors (Lipinski definition) is 3. The lowest BCUT2D eigenvalue weighted by molar-refractivity contribution is -0.129. The number of hydrogen-bond donors (Lipinski definition) is 2. The summed E-state index contributed by atoms with van der Waals surface area (Å²) < 4.78 is 0. The number of carbonyl (C=O) groups excluding carboxylic acids is 2. The molecule has 0 aliphatic carbocycles. The molecular formula is C20H20N2O4. The number of amides is 2. The van der Waals surface area contributed by atoms with Crippen molar-refractivity contribution in [2.24, 2.45) is 5.92 Å². The molecular weight excluding hydrogens is 332 g/mol. The van der Waals surface area contributed by atoms with Gasteiger partial charge in [-0.1, -0.05) is 36.4 Å². The first-order chi connectivity index (χ1) is 12.5. The van der Waals surface area contributed by atoms with Gasteiger partial charge in [-0.3, -0.25) is 9.59 Å². The van der Waals surface area contributed by atoms with Crippen LogP contribution in [0.5, 0.6) is 0 Å². The third kappa shape index (κ3) is 3.74. The molecule has 6 nitrogen and oxygen atoms in total. The average Bonchev–Trinajstić information content (AvgIpc) is 3.04. The molecule has 1 fully saturated rings. The molecule has 134 valence electrons. The zero-order chi connectivity index (χ0) is 18.7. The Labute approximate surface area is 151 Å². The van der Waals surface area contributed by atoms with Gasteiger partial charge in [0.25, 0.3) is 0 Å². The normalized spacial score (nSPS) is 17.8. The second-order valence-electron chi connectivity index (χ2n) is 6.41. The monoisotopic (exact) mass is 352 g/mol. The minimum atomic E-state index is -1.06. The Kier molecular flexibility index (Phi) is 5.02. The highest BCUT2D eigenvalue weighted by Gasteiger charge is 2.37. The van der Waals surface area contributed by atoms with Crippen molar-refractivity contribution in [1.82, 2.24) is 4.90 Å². The topological polar surface area (TPSA) is 86.7 Å². The van der Waals surface area contributed by atoms with Crippen LogP contribution in [0.2, 0.25) is 0 Å². The van der Waals surface area contributed by atoms with Gasteiger partial charge in [0.1, 0.15) is 0 Å². The number of carboxylic acids is 1. The fraction of sp³-hybridized carbons (Fsp3) is 0.250. The third-order valence-corrected chi connectivity index (χ3v) is 4.66. The van der Waals surface area contributed by atoms with Crippen molar-refractivity contribution in [1.29, 1.82) is 0 Å². The molecule has 26 heavy (non-hydrogen) atoms. The molecule has 1 aliphatic rings. The second-order valence-corrected chi connectivity index (χ2v) is 6.41. The van der Waals surface area contributed by atoms with Gasteiger partial charge in [-0.2, -0.15) is 0 Å². The van der Waals surface area contributed by atoms with E-state index >= 15 is 0 Å². The van der Waals surface area contributed by atoms with Crippen molar-refractivity contribution in [3.8, 4) is 0 Å². The van der Waals surface area contributed by atoms with Gasteiger partial charge in [-0.25, -0.2) is 4.79 Å². The van der Waals surface area contributed by atoms with Crippen molar-refractivity contribution in [2.45, 2.75) is 19.4 Å². The van der Waals surface area contributed by atoms with Crippen LogP contribution in [0.1, 0.15) is 35.3 Å². The molecule has 2 atom stereocenters. The van der Waals surface area contributed by atoms with Crippen molar-refractivity contribution >= 4 is 23.5 Å². The highest BCUT2D eigenvalue weighted by atomic mass is 16.4. The van der Waals surface area contributed by atoms with E-state index in [1.165, 1.54) is 12.1 Å². The summed E-state index contributed by atoms with van der Waals surface area (Å²) in [7, 11) is 0. The molecule has 3 rings (SSSR count). The van der Waals surface area contributed by atoms with Crippen LogP contribution in [0.3, 0.4) is 0 Å². The highest BCUT2D eigenvalue weighted by molar-refractivity contribution is 5.98. The first kappa shape index (κ1) is 17.7. The van der Waals surface area contributed by atoms with Crippen LogP contribution in [-0.4, -0.2) is 34.3 Å². The summed E-state index contributed by atoms with van der Waals surface area (Å²) >= 11 is 0. The minimum absolute atomic E-state index is 0.0548. The van der Waals surface area contributed by atoms with Crippen molar-refractivity contribution in [3.05, 3.63) is 65.7 Å². The number of rotatable bonds is 5. The number of carbonyl (C=O) groups is 3. The fourth-order valence-corrected chi connectivity index (χ4v) is 3.17. The van der Waals surface area contributed by atoms with Gasteiger partial charge < -0.3 is 15.3 Å². The summed E-state index contributed by atoms with van der Waals surface area (Å²) in [5.74, 6) is -1.84. The van der Waals surface area contributed by atoms with Crippen LogP contribution >= 0.6 is 0 Å². The standard InChI is InChI=1S/C20H20N2O4/c1-13(14-6-3-2-4-7-14)22-12-16(11-18(22)23)19(24)21-17-9-5-8-15(10-17)20(25)26/h2-10,13,16H,11-12H2,1H3,(H,21,24)(H,25,26). The zero-order valence-corrected chi connectivity index (χ0v) is 14.4. The molecule has 2 amide bonds. The lowest BCUT2D eigenvalue weighted by Gasteiger charge is -2.25. The number of nitrogens with one attached hydrogen (secondary N) is 1. The number of aromatic carboxylic acids is 1. The predicted octanol–water partition coefficient (Wildman–Crippen LogP) is 2.93. The Balaban J connectivity index is 1.67. The summed E-state index contributed by atoms with van der Waals surface area (Å²) in [6.07, 6.45) is 0.154. The Morgan fingerprint density at radius 3 is 2.58 bits per heavy atom. The van der Waals surface area contributed by atoms with E-state index in [0.717, 1.165) is 5.56 Å². The lowest BCUT2D eigenvalue weighted by atomic mass is 10.1. The van der Waals surface area contributed by atoms with Crippen LogP contribution in [0.15, 0.2) is 54.6 Å². The van der Waals surface area contributed by atoms with Crippen LogP contribution in [0.4, 0.5) is 5.69 Å². The Morgan fingerprint density at radius 2 is 1.88 bits per heavy atom. The average molecular weight is 352 g/mol.